The lowest BCUT2D eigenvalue weighted by molar-refractivity contribution is 0.109. The molecule has 0 aliphatic carbocycles. The van der Waals surface area contributed by atoms with E-state index in [-0.39, 0.29) is 0 Å². The van der Waals surface area contributed by atoms with Crippen LogP contribution < -0.4 is 11.1 Å². The second kappa shape index (κ2) is 5.99. The molecule has 3 nitrogen and oxygen atoms in total. The van der Waals surface area contributed by atoms with E-state index in [9.17, 15) is 0 Å². The monoisotopic (exact) mass is 186 g/mol. The van der Waals surface area contributed by atoms with E-state index in [2.05, 4.69) is 5.32 Å². The number of anilines is 1. The number of morpholine rings is 1. The van der Waals surface area contributed by atoms with Crippen LogP contribution in [0.5, 0.6) is 0 Å². The number of thiophene rings is 1. The lowest BCUT2D eigenvalue weighted by atomic mass is 10.5. The van der Waals surface area contributed by atoms with Gasteiger partial charge < -0.3 is 15.8 Å². The Hall–Kier alpha value is -0.580. The molecule has 1 aliphatic rings. The van der Waals surface area contributed by atoms with Crippen LogP contribution in [0.25, 0.3) is 0 Å². The smallest absolute Gasteiger partial charge is 0.0856 e. The van der Waals surface area contributed by atoms with Gasteiger partial charge in [0.2, 0.25) is 0 Å². The second-order valence-electron chi connectivity index (χ2n) is 2.38. The molecule has 1 aliphatic heterocycles. The predicted octanol–water partition coefficient (Wildman–Crippen LogP) is 0.937. The zero-order valence-electron chi connectivity index (χ0n) is 6.95. The van der Waals surface area contributed by atoms with Crippen LogP contribution in [0.2, 0.25) is 0 Å². The Morgan fingerprint density at radius 3 is 2.33 bits per heavy atom. The highest BCUT2D eigenvalue weighted by molar-refractivity contribution is 7.13. The topological polar surface area (TPSA) is 47.3 Å². The minimum atomic E-state index is 0.884. The van der Waals surface area contributed by atoms with Gasteiger partial charge in [-0.25, -0.2) is 0 Å². The number of rotatable bonds is 0. The summed E-state index contributed by atoms with van der Waals surface area (Å²) in [6.07, 6.45) is 0. The molecule has 1 aromatic rings. The van der Waals surface area contributed by atoms with Crippen molar-refractivity contribution in [1.29, 1.82) is 0 Å². The van der Waals surface area contributed by atoms with Gasteiger partial charge in [-0.3, -0.25) is 0 Å². The number of nitrogen functional groups attached to an aromatic ring is 1. The fourth-order valence-electron chi connectivity index (χ4n) is 0.807. The van der Waals surface area contributed by atoms with E-state index in [1.807, 2.05) is 17.5 Å². The minimum Gasteiger partial charge on any atom is -0.391 e. The van der Waals surface area contributed by atoms with Crippen molar-refractivity contribution in [3.8, 4) is 0 Å². The first kappa shape index (κ1) is 9.51. The molecule has 1 fully saturated rings. The Labute approximate surface area is 76.5 Å². The fourth-order valence-corrected chi connectivity index (χ4v) is 1.28. The molecular weight excluding hydrogens is 172 g/mol. The molecule has 0 atom stereocenters. The van der Waals surface area contributed by atoms with Crippen molar-refractivity contribution in [3.05, 3.63) is 17.5 Å². The molecule has 3 N–H and O–H groups in total. The van der Waals surface area contributed by atoms with Gasteiger partial charge in [0.1, 0.15) is 0 Å². The van der Waals surface area contributed by atoms with E-state index in [1.54, 1.807) is 11.3 Å². The molecule has 12 heavy (non-hydrogen) atoms. The molecule has 68 valence electrons. The zero-order chi connectivity index (χ0) is 8.65. The second-order valence-corrected chi connectivity index (χ2v) is 3.36. The molecule has 1 saturated heterocycles. The standard InChI is InChI=1S/C4H9NO.C4H5NS/c1-3-6-4-2-5-1;5-4-2-1-3-6-4/h5H,1-4H2;1-3H,5H2. The first-order valence-corrected chi connectivity index (χ1v) is 4.85. The number of nitrogens with two attached hydrogens (primary N) is 1. The third-order valence-corrected chi connectivity index (χ3v) is 2.09. The Morgan fingerprint density at radius 1 is 1.42 bits per heavy atom. The zero-order valence-corrected chi connectivity index (χ0v) is 7.77. The molecule has 0 bridgehead atoms. The lowest BCUT2D eigenvalue weighted by Gasteiger charge is -2.10. The van der Waals surface area contributed by atoms with E-state index >= 15 is 0 Å². The van der Waals surface area contributed by atoms with E-state index in [4.69, 9.17) is 10.5 Å². The number of nitrogens with one attached hydrogen (secondary N) is 1. The van der Waals surface area contributed by atoms with Crippen molar-refractivity contribution < 1.29 is 4.74 Å². The molecule has 1 aromatic heterocycles. The quantitative estimate of drug-likeness (QED) is 0.634. The van der Waals surface area contributed by atoms with E-state index in [0.29, 0.717) is 0 Å². The maximum absolute atomic E-state index is 5.30. The molecule has 2 rings (SSSR count). The molecular formula is C8H14N2OS. The molecule has 4 heteroatoms. The summed E-state index contributed by atoms with van der Waals surface area (Å²) >= 11 is 1.56. The van der Waals surface area contributed by atoms with Gasteiger partial charge in [-0.1, -0.05) is 0 Å². The first-order chi connectivity index (χ1) is 5.89. The number of hydrogen-bond acceptors (Lipinski definition) is 4. The summed E-state index contributed by atoms with van der Waals surface area (Å²) < 4.78 is 5.01. The minimum absolute atomic E-state index is 0.884. The Balaban J connectivity index is 0.000000120. The van der Waals surface area contributed by atoms with Crippen LogP contribution in [0.4, 0.5) is 5.00 Å². The van der Waals surface area contributed by atoms with Gasteiger partial charge in [-0.2, -0.15) is 0 Å². The lowest BCUT2D eigenvalue weighted by Crippen LogP contribution is -2.30. The summed E-state index contributed by atoms with van der Waals surface area (Å²) in [6, 6.07) is 3.81. The van der Waals surface area contributed by atoms with Crippen molar-refractivity contribution in [2.75, 3.05) is 32.0 Å². The Kier molecular flexibility index (Phi) is 4.75. The molecule has 0 radical (unpaired) electrons. The van der Waals surface area contributed by atoms with Crippen molar-refractivity contribution >= 4 is 16.3 Å². The van der Waals surface area contributed by atoms with E-state index in [1.165, 1.54) is 0 Å². The van der Waals surface area contributed by atoms with Gasteiger partial charge in [0.05, 0.1) is 18.2 Å². The molecule has 0 spiro atoms. The molecule has 0 saturated carbocycles. The van der Waals surface area contributed by atoms with Crippen molar-refractivity contribution in [2.45, 2.75) is 0 Å². The van der Waals surface area contributed by atoms with Gasteiger partial charge in [0, 0.05) is 13.1 Å². The fraction of sp³-hybridized carbons (Fsp3) is 0.500. The van der Waals surface area contributed by atoms with Crippen LogP contribution in [-0.2, 0) is 4.74 Å². The SMILES string of the molecule is C1COCCN1.Nc1cccs1. The van der Waals surface area contributed by atoms with Crippen LogP contribution in [0, 0.1) is 0 Å². The normalized spacial score (nSPS) is 16.3. The number of ether oxygens (including phenoxy) is 1. The van der Waals surface area contributed by atoms with Gasteiger partial charge in [0.15, 0.2) is 0 Å². The summed E-state index contributed by atoms with van der Waals surface area (Å²) in [5, 5.41) is 6.00. The highest BCUT2D eigenvalue weighted by Crippen LogP contribution is 2.07. The average molecular weight is 186 g/mol. The van der Waals surface area contributed by atoms with Crippen molar-refractivity contribution in [3.63, 3.8) is 0 Å². The number of hydrogen-bond donors (Lipinski definition) is 2. The highest BCUT2D eigenvalue weighted by atomic mass is 32.1. The van der Waals surface area contributed by atoms with Gasteiger partial charge in [-0.05, 0) is 17.5 Å². The average Bonchev–Trinajstić information content (AvgIpc) is 2.60. The van der Waals surface area contributed by atoms with Crippen LogP contribution in [0.3, 0.4) is 0 Å². The maximum atomic E-state index is 5.30. The summed E-state index contributed by atoms with van der Waals surface area (Å²) in [5.74, 6) is 0. The third-order valence-electron chi connectivity index (χ3n) is 1.39. The molecule has 2 heterocycles. The summed E-state index contributed by atoms with van der Waals surface area (Å²) in [5.41, 5.74) is 5.30. The Bertz CT molecular complexity index is 173. The van der Waals surface area contributed by atoms with Gasteiger partial charge in [-0.15, -0.1) is 11.3 Å². The summed E-state index contributed by atoms with van der Waals surface area (Å²) in [6.45, 7) is 3.83. The van der Waals surface area contributed by atoms with Crippen molar-refractivity contribution in [2.24, 2.45) is 0 Å². The third kappa shape index (κ3) is 4.33. The van der Waals surface area contributed by atoms with E-state index in [0.717, 1.165) is 31.3 Å². The van der Waals surface area contributed by atoms with Gasteiger partial charge in [0.25, 0.3) is 0 Å². The summed E-state index contributed by atoms with van der Waals surface area (Å²) in [7, 11) is 0. The van der Waals surface area contributed by atoms with Gasteiger partial charge >= 0.3 is 0 Å². The van der Waals surface area contributed by atoms with Crippen molar-refractivity contribution in [1.82, 2.24) is 5.32 Å². The summed E-state index contributed by atoms with van der Waals surface area (Å²) in [4.78, 5) is 0. The van der Waals surface area contributed by atoms with Crippen LogP contribution >= 0.6 is 11.3 Å². The predicted molar refractivity (Wildman–Crippen MR) is 52.4 cm³/mol. The molecule has 0 aromatic carbocycles. The van der Waals surface area contributed by atoms with Crippen LogP contribution in [-0.4, -0.2) is 26.3 Å². The van der Waals surface area contributed by atoms with Crippen LogP contribution in [0.15, 0.2) is 17.5 Å². The maximum Gasteiger partial charge on any atom is 0.0856 e. The largest absolute Gasteiger partial charge is 0.391 e. The van der Waals surface area contributed by atoms with Crippen LogP contribution in [0.1, 0.15) is 0 Å². The highest BCUT2D eigenvalue weighted by Gasteiger charge is 1.92. The molecule has 0 unspecified atom stereocenters. The molecule has 0 amide bonds. The first-order valence-electron chi connectivity index (χ1n) is 3.97. The Morgan fingerprint density at radius 2 is 2.17 bits per heavy atom. The van der Waals surface area contributed by atoms with E-state index < -0.39 is 0 Å².